The number of hydrogen-bond donors (Lipinski definition) is 2. The van der Waals surface area contributed by atoms with Crippen LogP contribution in [0.1, 0.15) is 27.2 Å². The van der Waals surface area contributed by atoms with E-state index in [0.717, 1.165) is 0 Å². The maximum Gasteiger partial charge on any atom is 0.0707 e. The summed E-state index contributed by atoms with van der Waals surface area (Å²) in [7, 11) is 0. The highest BCUT2D eigenvalue weighted by Gasteiger charge is 2.08. The lowest BCUT2D eigenvalue weighted by Crippen LogP contribution is -2.26. The van der Waals surface area contributed by atoms with Crippen molar-refractivity contribution in [1.82, 2.24) is 0 Å². The Morgan fingerprint density at radius 3 is 2.36 bits per heavy atom. The molecule has 0 aromatic carbocycles. The van der Waals surface area contributed by atoms with Crippen molar-refractivity contribution in [3.05, 3.63) is 0 Å². The Bertz CT molecular complexity index is 134. The lowest BCUT2D eigenvalue weighted by atomic mass is 10.2. The molecule has 0 spiro atoms. The summed E-state index contributed by atoms with van der Waals surface area (Å²) in [4.78, 5) is 0. The van der Waals surface area contributed by atoms with Gasteiger partial charge in [0.25, 0.3) is 0 Å². The van der Waals surface area contributed by atoms with Crippen LogP contribution in [-0.4, -0.2) is 43.2 Å². The second-order valence-electron chi connectivity index (χ2n) is 4.30. The van der Waals surface area contributed by atoms with Crippen molar-refractivity contribution in [1.29, 1.82) is 0 Å². The van der Waals surface area contributed by atoms with Crippen LogP contribution in [0.25, 0.3) is 0 Å². The molecule has 4 heteroatoms. The van der Waals surface area contributed by atoms with Crippen LogP contribution >= 0.6 is 0 Å². The first-order valence-corrected chi connectivity index (χ1v) is 5.04. The first kappa shape index (κ1) is 13.8. The quantitative estimate of drug-likeness (QED) is 0.595. The van der Waals surface area contributed by atoms with Crippen molar-refractivity contribution in [2.24, 2.45) is 5.73 Å². The van der Waals surface area contributed by atoms with Crippen LogP contribution < -0.4 is 5.73 Å². The van der Waals surface area contributed by atoms with E-state index in [0.29, 0.717) is 26.2 Å². The number of aliphatic hydroxyl groups is 1. The number of nitrogens with two attached hydrogens (primary N) is 1. The molecule has 0 aliphatic carbocycles. The molecule has 0 saturated heterocycles. The molecule has 0 rings (SSSR count). The van der Waals surface area contributed by atoms with Gasteiger partial charge in [-0.05, 0) is 27.2 Å². The molecule has 0 aliphatic rings. The predicted octanol–water partition coefficient (Wildman–Crippen LogP) is 0.528. The van der Waals surface area contributed by atoms with E-state index in [1.807, 2.05) is 20.8 Å². The van der Waals surface area contributed by atoms with E-state index in [-0.39, 0.29) is 18.2 Å². The highest BCUT2D eigenvalue weighted by atomic mass is 16.5. The Kier molecular flexibility index (Phi) is 7.09. The van der Waals surface area contributed by atoms with E-state index in [4.69, 9.17) is 20.3 Å². The van der Waals surface area contributed by atoms with Gasteiger partial charge in [-0.2, -0.15) is 0 Å². The van der Waals surface area contributed by atoms with Crippen LogP contribution in [0, 0.1) is 0 Å². The van der Waals surface area contributed by atoms with Gasteiger partial charge in [0, 0.05) is 12.6 Å². The van der Waals surface area contributed by atoms with Crippen LogP contribution in [0.5, 0.6) is 0 Å². The summed E-state index contributed by atoms with van der Waals surface area (Å²) in [5, 5.41) is 8.64. The molecule has 14 heavy (non-hydrogen) atoms. The van der Waals surface area contributed by atoms with Crippen LogP contribution in [0.15, 0.2) is 0 Å². The molecule has 0 fully saturated rings. The fourth-order valence-electron chi connectivity index (χ4n) is 0.835. The van der Waals surface area contributed by atoms with Crippen molar-refractivity contribution in [3.8, 4) is 0 Å². The summed E-state index contributed by atoms with van der Waals surface area (Å²) in [6.45, 7) is 7.79. The zero-order chi connectivity index (χ0) is 11.0. The zero-order valence-corrected chi connectivity index (χ0v) is 9.45. The van der Waals surface area contributed by atoms with Gasteiger partial charge in [-0.15, -0.1) is 0 Å². The normalized spacial score (nSPS) is 14.4. The van der Waals surface area contributed by atoms with Gasteiger partial charge in [-0.1, -0.05) is 0 Å². The first-order chi connectivity index (χ1) is 6.45. The molecule has 0 saturated carbocycles. The van der Waals surface area contributed by atoms with Gasteiger partial charge in [0.15, 0.2) is 0 Å². The van der Waals surface area contributed by atoms with Gasteiger partial charge in [-0.25, -0.2) is 0 Å². The Hall–Kier alpha value is -0.160. The molecule has 0 radical (unpaired) electrons. The maximum absolute atomic E-state index is 8.64. The highest BCUT2D eigenvalue weighted by Crippen LogP contribution is 2.05. The van der Waals surface area contributed by atoms with E-state index in [1.165, 1.54) is 0 Å². The molecular formula is C10H23NO3. The molecule has 1 unspecified atom stereocenters. The van der Waals surface area contributed by atoms with Gasteiger partial charge in [-0.3, -0.25) is 0 Å². The lowest BCUT2D eigenvalue weighted by molar-refractivity contribution is -0.0357. The Balaban J connectivity index is 3.14. The fraction of sp³-hybridized carbons (Fsp3) is 1.00. The molecule has 4 nitrogen and oxygen atoms in total. The molecule has 0 aliphatic heterocycles. The minimum atomic E-state index is -0.168. The van der Waals surface area contributed by atoms with Gasteiger partial charge < -0.3 is 20.3 Å². The van der Waals surface area contributed by atoms with Crippen LogP contribution in [0.4, 0.5) is 0 Å². The minimum absolute atomic E-state index is 0.0157. The molecule has 0 aromatic heterocycles. The average molecular weight is 205 g/mol. The first-order valence-electron chi connectivity index (χ1n) is 5.04. The van der Waals surface area contributed by atoms with Crippen molar-refractivity contribution < 1.29 is 14.6 Å². The third-order valence-electron chi connectivity index (χ3n) is 1.63. The molecule has 0 heterocycles. The summed E-state index contributed by atoms with van der Waals surface area (Å²) < 4.78 is 10.7. The summed E-state index contributed by atoms with van der Waals surface area (Å²) >= 11 is 0. The van der Waals surface area contributed by atoms with Crippen molar-refractivity contribution in [2.45, 2.75) is 38.8 Å². The molecule has 86 valence electrons. The second kappa shape index (κ2) is 7.17. The fourth-order valence-corrected chi connectivity index (χ4v) is 0.835. The van der Waals surface area contributed by atoms with Crippen molar-refractivity contribution >= 4 is 0 Å². The maximum atomic E-state index is 8.64. The number of ether oxygens (including phenoxy) is 2. The summed E-state index contributed by atoms with van der Waals surface area (Å²) in [6.07, 6.45) is 0.687. The highest BCUT2D eigenvalue weighted by molar-refractivity contribution is 4.59. The monoisotopic (exact) mass is 205 g/mol. The van der Waals surface area contributed by atoms with E-state index in [9.17, 15) is 0 Å². The molecule has 3 N–H and O–H groups in total. The largest absolute Gasteiger partial charge is 0.395 e. The molecular weight excluding hydrogens is 182 g/mol. The summed E-state index contributed by atoms with van der Waals surface area (Å²) in [6, 6.07) is -0.168. The molecule has 1 atom stereocenters. The average Bonchev–Trinajstić information content (AvgIpc) is 2.08. The summed E-state index contributed by atoms with van der Waals surface area (Å²) in [5.41, 5.74) is 5.39. The van der Waals surface area contributed by atoms with Gasteiger partial charge in [0.05, 0.1) is 25.4 Å². The molecule has 0 amide bonds. The van der Waals surface area contributed by atoms with E-state index < -0.39 is 0 Å². The van der Waals surface area contributed by atoms with E-state index in [2.05, 4.69) is 0 Å². The SMILES string of the molecule is CC(C)(C)OCCOCCC(N)CO. The Morgan fingerprint density at radius 1 is 1.21 bits per heavy atom. The minimum Gasteiger partial charge on any atom is -0.395 e. The standard InChI is InChI=1S/C10H23NO3/c1-10(2,3)14-7-6-13-5-4-9(11)8-12/h9,12H,4-8,11H2,1-3H3. The van der Waals surface area contributed by atoms with E-state index >= 15 is 0 Å². The number of aliphatic hydroxyl groups excluding tert-OH is 1. The Morgan fingerprint density at radius 2 is 1.86 bits per heavy atom. The molecule has 0 aromatic rings. The van der Waals surface area contributed by atoms with Gasteiger partial charge >= 0.3 is 0 Å². The van der Waals surface area contributed by atoms with Gasteiger partial charge in [0.1, 0.15) is 0 Å². The van der Waals surface area contributed by atoms with Crippen LogP contribution in [0.2, 0.25) is 0 Å². The van der Waals surface area contributed by atoms with Crippen LogP contribution in [0.3, 0.4) is 0 Å². The lowest BCUT2D eigenvalue weighted by Gasteiger charge is -2.19. The number of rotatable bonds is 7. The topological polar surface area (TPSA) is 64.7 Å². The van der Waals surface area contributed by atoms with Crippen molar-refractivity contribution in [2.75, 3.05) is 26.4 Å². The zero-order valence-electron chi connectivity index (χ0n) is 9.45. The van der Waals surface area contributed by atoms with Crippen LogP contribution in [-0.2, 0) is 9.47 Å². The Labute approximate surface area is 86.4 Å². The smallest absolute Gasteiger partial charge is 0.0707 e. The second-order valence-corrected chi connectivity index (χ2v) is 4.30. The predicted molar refractivity (Wildman–Crippen MR) is 56.2 cm³/mol. The number of hydrogen-bond acceptors (Lipinski definition) is 4. The molecule has 0 bridgehead atoms. The third kappa shape index (κ3) is 9.92. The van der Waals surface area contributed by atoms with E-state index in [1.54, 1.807) is 0 Å². The third-order valence-corrected chi connectivity index (χ3v) is 1.63. The van der Waals surface area contributed by atoms with Gasteiger partial charge in [0.2, 0.25) is 0 Å². The van der Waals surface area contributed by atoms with Crippen molar-refractivity contribution in [3.63, 3.8) is 0 Å². The summed E-state index contributed by atoms with van der Waals surface area (Å²) in [5.74, 6) is 0.